The van der Waals surface area contributed by atoms with E-state index in [1.54, 1.807) is 13.1 Å². The number of likely N-dealkylation sites (N-methyl/N-ethyl adjacent to an activating group) is 1. The first-order chi connectivity index (χ1) is 5.20. The molecule has 0 aliphatic heterocycles. The minimum Gasteiger partial charge on any atom is -0.356 e. The normalized spacial score (nSPS) is 9.27. The molecule has 2 nitrogen and oxygen atoms in total. The Balaban J connectivity index is 0. The molecule has 0 saturated carbocycles. The molecule has 0 aliphatic rings. The lowest BCUT2D eigenvalue weighted by Gasteiger charge is -1.90. The van der Waals surface area contributed by atoms with Gasteiger partial charge in [0.1, 0.15) is 0 Å². The highest BCUT2D eigenvalue weighted by molar-refractivity contribution is 5.88. The predicted molar refractivity (Wildman–Crippen MR) is 49.4 cm³/mol. The molecule has 0 radical (unpaired) electrons. The molecule has 0 fully saturated rings. The number of amides is 1. The first kappa shape index (κ1) is 12.6. The van der Waals surface area contributed by atoms with Crippen molar-refractivity contribution in [3.05, 3.63) is 24.3 Å². The number of carbonyl (C=O) groups is 1. The molecule has 1 amide bonds. The fourth-order valence-electron chi connectivity index (χ4n) is 0.338. The minimum atomic E-state index is -0.0904. The molecular weight excluding hydrogens is 138 g/mol. The van der Waals surface area contributed by atoms with E-state index in [0.29, 0.717) is 0 Å². The van der Waals surface area contributed by atoms with E-state index in [-0.39, 0.29) is 5.91 Å². The van der Waals surface area contributed by atoms with E-state index in [9.17, 15) is 4.79 Å². The number of carbonyl (C=O) groups excluding carboxylic acids is 1. The summed E-state index contributed by atoms with van der Waals surface area (Å²) < 4.78 is 0. The zero-order valence-electron chi connectivity index (χ0n) is 7.77. The van der Waals surface area contributed by atoms with Crippen LogP contribution < -0.4 is 5.32 Å². The average molecular weight is 155 g/mol. The highest BCUT2D eigenvalue weighted by Crippen LogP contribution is 1.90. The summed E-state index contributed by atoms with van der Waals surface area (Å²) in [5.74, 6) is -0.0904. The van der Waals surface area contributed by atoms with Gasteiger partial charge < -0.3 is 5.32 Å². The SMILES string of the molecule is C=C/C(C)=C\C(=O)NC.CC. The highest BCUT2D eigenvalue weighted by Gasteiger charge is 1.88. The molecule has 11 heavy (non-hydrogen) atoms. The second kappa shape index (κ2) is 8.95. The van der Waals surface area contributed by atoms with Crippen molar-refractivity contribution in [1.82, 2.24) is 5.32 Å². The van der Waals surface area contributed by atoms with E-state index in [0.717, 1.165) is 5.57 Å². The average Bonchev–Trinajstić information content (AvgIpc) is 2.07. The number of hydrogen-bond acceptors (Lipinski definition) is 1. The molecule has 64 valence electrons. The molecule has 0 aromatic heterocycles. The van der Waals surface area contributed by atoms with Crippen LogP contribution in [0.5, 0.6) is 0 Å². The molecule has 1 N–H and O–H groups in total. The lowest BCUT2D eigenvalue weighted by Crippen LogP contribution is -2.14. The van der Waals surface area contributed by atoms with Gasteiger partial charge in [0, 0.05) is 13.1 Å². The molecule has 0 rings (SSSR count). The number of allylic oxidation sites excluding steroid dienone is 2. The van der Waals surface area contributed by atoms with Gasteiger partial charge in [-0.25, -0.2) is 0 Å². The number of hydrogen-bond donors (Lipinski definition) is 1. The van der Waals surface area contributed by atoms with Crippen molar-refractivity contribution in [3.8, 4) is 0 Å². The van der Waals surface area contributed by atoms with Gasteiger partial charge in [-0.3, -0.25) is 4.79 Å². The van der Waals surface area contributed by atoms with Crippen molar-refractivity contribution in [2.45, 2.75) is 20.8 Å². The second-order valence-electron chi connectivity index (χ2n) is 1.71. The van der Waals surface area contributed by atoms with Crippen LogP contribution in [0.3, 0.4) is 0 Å². The van der Waals surface area contributed by atoms with Gasteiger partial charge in [-0.05, 0) is 12.5 Å². The van der Waals surface area contributed by atoms with Gasteiger partial charge in [0.25, 0.3) is 0 Å². The molecule has 0 aliphatic carbocycles. The van der Waals surface area contributed by atoms with Crippen LogP contribution in [0.15, 0.2) is 24.3 Å². The largest absolute Gasteiger partial charge is 0.356 e. The van der Waals surface area contributed by atoms with Crippen molar-refractivity contribution >= 4 is 5.91 Å². The first-order valence-electron chi connectivity index (χ1n) is 3.73. The summed E-state index contributed by atoms with van der Waals surface area (Å²) in [4.78, 5) is 10.5. The van der Waals surface area contributed by atoms with Gasteiger partial charge in [-0.1, -0.05) is 26.5 Å². The van der Waals surface area contributed by atoms with Crippen molar-refractivity contribution in [2.24, 2.45) is 0 Å². The van der Waals surface area contributed by atoms with Gasteiger partial charge in [0.05, 0.1) is 0 Å². The van der Waals surface area contributed by atoms with E-state index in [1.807, 2.05) is 20.8 Å². The molecule has 0 bridgehead atoms. The van der Waals surface area contributed by atoms with Crippen LogP contribution in [0.25, 0.3) is 0 Å². The summed E-state index contributed by atoms with van der Waals surface area (Å²) in [5, 5.41) is 2.47. The summed E-state index contributed by atoms with van der Waals surface area (Å²) in [5.41, 5.74) is 0.870. The van der Waals surface area contributed by atoms with Crippen LogP contribution in [-0.2, 0) is 4.79 Å². The van der Waals surface area contributed by atoms with Crippen molar-refractivity contribution < 1.29 is 4.79 Å². The smallest absolute Gasteiger partial charge is 0.243 e. The van der Waals surface area contributed by atoms with Crippen LogP contribution in [0.2, 0.25) is 0 Å². The lowest BCUT2D eigenvalue weighted by molar-refractivity contribution is -0.116. The third-order valence-electron chi connectivity index (χ3n) is 0.927. The van der Waals surface area contributed by atoms with Gasteiger partial charge in [0.15, 0.2) is 0 Å². The lowest BCUT2D eigenvalue weighted by atomic mass is 10.3. The van der Waals surface area contributed by atoms with Gasteiger partial charge >= 0.3 is 0 Å². The van der Waals surface area contributed by atoms with Gasteiger partial charge in [-0.2, -0.15) is 0 Å². The summed E-state index contributed by atoms with van der Waals surface area (Å²) in [6, 6.07) is 0. The first-order valence-corrected chi connectivity index (χ1v) is 3.73. The molecule has 0 spiro atoms. The van der Waals surface area contributed by atoms with Crippen molar-refractivity contribution in [1.29, 1.82) is 0 Å². The quantitative estimate of drug-likeness (QED) is 0.479. The maximum Gasteiger partial charge on any atom is 0.243 e. The summed E-state index contributed by atoms with van der Waals surface area (Å²) >= 11 is 0. The highest BCUT2D eigenvalue weighted by atomic mass is 16.1. The maximum atomic E-state index is 10.5. The fraction of sp³-hybridized carbons (Fsp3) is 0.444. The molecule has 0 aromatic carbocycles. The van der Waals surface area contributed by atoms with E-state index in [2.05, 4.69) is 11.9 Å². The third kappa shape index (κ3) is 8.95. The van der Waals surface area contributed by atoms with E-state index >= 15 is 0 Å². The Hall–Kier alpha value is -1.05. The Morgan fingerprint density at radius 3 is 2.18 bits per heavy atom. The summed E-state index contributed by atoms with van der Waals surface area (Å²) in [6.07, 6.45) is 3.13. The standard InChI is InChI=1S/C7H11NO.C2H6/c1-4-6(2)5-7(9)8-3;1-2/h4-5H,1H2,2-3H3,(H,8,9);1-2H3/b6-5-;. The fourth-order valence-corrected chi connectivity index (χ4v) is 0.338. The Kier molecular flexibility index (Phi) is 10.3. The zero-order valence-corrected chi connectivity index (χ0v) is 7.77. The monoisotopic (exact) mass is 155 g/mol. The van der Waals surface area contributed by atoms with Gasteiger partial charge in [-0.15, -0.1) is 0 Å². The molecule has 0 saturated heterocycles. The molecule has 0 heterocycles. The summed E-state index contributed by atoms with van der Waals surface area (Å²) in [6.45, 7) is 9.32. The van der Waals surface area contributed by atoms with Crippen LogP contribution in [-0.4, -0.2) is 13.0 Å². The Morgan fingerprint density at radius 1 is 1.45 bits per heavy atom. The van der Waals surface area contributed by atoms with E-state index < -0.39 is 0 Å². The van der Waals surface area contributed by atoms with E-state index in [4.69, 9.17) is 0 Å². The van der Waals surface area contributed by atoms with Gasteiger partial charge in [0.2, 0.25) is 5.91 Å². The van der Waals surface area contributed by atoms with Crippen molar-refractivity contribution in [2.75, 3.05) is 7.05 Å². The van der Waals surface area contributed by atoms with Crippen LogP contribution >= 0.6 is 0 Å². The zero-order chi connectivity index (χ0) is 9.28. The molecule has 0 aromatic rings. The predicted octanol–water partition coefficient (Wildman–Crippen LogP) is 1.89. The molecule has 0 unspecified atom stereocenters. The Labute approximate surface area is 69.0 Å². The van der Waals surface area contributed by atoms with Crippen LogP contribution in [0.1, 0.15) is 20.8 Å². The Morgan fingerprint density at radius 2 is 1.91 bits per heavy atom. The summed E-state index contributed by atoms with van der Waals surface area (Å²) in [7, 11) is 1.59. The molecule has 0 atom stereocenters. The number of nitrogens with one attached hydrogen (secondary N) is 1. The van der Waals surface area contributed by atoms with E-state index in [1.165, 1.54) is 6.08 Å². The maximum absolute atomic E-state index is 10.5. The number of rotatable bonds is 2. The topological polar surface area (TPSA) is 29.1 Å². The van der Waals surface area contributed by atoms with Crippen LogP contribution in [0.4, 0.5) is 0 Å². The second-order valence-corrected chi connectivity index (χ2v) is 1.71. The third-order valence-corrected chi connectivity index (χ3v) is 0.927. The Bertz CT molecular complexity index is 148. The molecular formula is C9H17NO. The minimum absolute atomic E-state index is 0.0904. The molecule has 2 heteroatoms. The van der Waals surface area contributed by atoms with Crippen LogP contribution in [0, 0.1) is 0 Å². The van der Waals surface area contributed by atoms with Crippen molar-refractivity contribution in [3.63, 3.8) is 0 Å².